The zero-order valence-corrected chi connectivity index (χ0v) is 46.0. The van der Waals surface area contributed by atoms with Crippen molar-refractivity contribution in [2.75, 3.05) is 40.9 Å². The molecule has 0 heterocycles. The smallest absolute Gasteiger partial charge is 0.387 e. The highest BCUT2D eigenvalue weighted by molar-refractivity contribution is 7.47. The Labute approximate surface area is 417 Å². The van der Waals surface area contributed by atoms with Gasteiger partial charge in [-0.15, -0.1) is 0 Å². The Morgan fingerprint density at radius 3 is 1.19 bits per heavy atom. The maximum absolute atomic E-state index is 13.0. The zero-order valence-electron chi connectivity index (χ0n) is 45.2. The Hall–Kier alpha value is -1.28. The number of hydrogen-bond acceptors (Lipinski definition) is 5. The summed E-state index contributed by atoms with van der Waals surface area (Å²) in [5.41, 5.74) is 0. The number of rotatable bonds is 53. The van der Waals surface area contributed by atoms with E-state index in [1.807, 2.05) is 27.2 Å². The van der Waals surface area contributed by atoms with E-state index in [0.717, 1.165) is 38.5 Å². The number of unbranched alkanes of at least 4 members (excludes halogenated alkanes) is 36. The highest BCUT2D eigenvalue weighted by Crippen LogP contribution is 2.43. The molecule has 9 heteroatoms. The number of aliphatic hydroxyl groups excluding tert-OH is 1. The van der Waals surface area contributed by atoms with E-state index < -0.39 is 20.0 Å². The first-order valence-corrected chi connectivity index (χ1v) is 30.4. The number of allylic oxidation sites excluding steroid dienone is 5. The number of carbonyl (C=O) groups excluding carboxylic acids is 1. The molecule has 0 aliphatic carbocycles. The molecule has 0 fully saturated rings. The van der Waals surface area contributed by atoms with Crippen molar-refractivity contribution in [1.29, 1.82) is 0 Å². The summed E-state index contributed by atoms with van der Waals surface area (Å²) in [5, 5.41) is 13.9. The van der Waals surface area contributed by atoms with Crippen LogP contribution in [0.1, 0.15) is 277 Å². The number of quaternary nitrogens is 1. The predicted molar refractivity (Wildman–Crippen MR) is 291 cm³/mol. The van der Waals surface area contributed by atoms with Crippen LogP contribution in [0.5, 0.6) is 0 Å². The number of likely N-dealkylation sites (N-methyl/N-ethyl adjacent to an activating group) is 1. The second-order valence-electron chi connectivity index (χ2n) is 21.0. The van der Waals surface area contributed by atoms with Crippen LogP contribution in [0, 0.1) is 0 Å². The van der Waals surface area contributed by atoms with E-state index in [2.05, 4.69) is 43.5 Å². The molecule has 0 aliphatic rings. The molecule has 0 spiro atoms. The van der Waals surface area contributed by atoms with E-state index in [9.17, 15) is 19.4 Å². The summed E-state index contributed by atoms with van der Waals surface area (Å²) in [4.78, 5) is 23.3. The van der Waals surface area contributed by atoms with E-state index in [4.69, 9.17) is 9.05 Å². The van der Waals surface area contributed by atoms with Gasteiger partial charge in [0.05, 0.1) is 39.9 Å². The molecule has 3 unspecified atom stereocenters. The Morgan fingerprint density at radius 1 is 0.493 bits per heavy atom. The van der Waals surface area contributed by atoms with Crippen LogP contribution >= 0.6 is 7.82 Å². The Bertz CT molecular complexity index is 1190. The topological polar surface area (TPSA) is 105 Å². The predicted octanol–water partition coefficient (Wildman–Crippen LogP) is 17.4. The molecule has 8 nitrogen and oxygen atoms in total. The highest BCUT2D eigenvalue weighted by atomic mass is 31.2. The van der Waals surface area contributed by atoms with Gasteiger partial charge in [-0.3, -0.25) is 13.8 Å². The summed E-state index contributed by atoms with van der Waals surface area (Å²) < 4.78 is 23.7. The number of carbonyl (C=O) groups is 1. The van der Waals surface area contributed by atoms with Gasteiger partial charge in [0.2, 0.25) is 5.91 Å². The molecule has 0 radical (unpaired) electrons. The minimum absolute atomic E-state index is 0.0570. The van der Waals surface area contributed by atoms with E-state index in [1.165, 1.54) is 218 Å². The fraction of sp³-hybridized carbons (Fsp3) is 0.879. The molecule has 0 aromatic rings. The molecule has 0 aromatic heterocycles. The van der Waals surface area contributed by atoms with Crippen LogP contribution in [0.4, 0.5) is 0 Å². The van der Waals surface area contributed by atoms with Gasteiger partial charge >= 0.3 is 7.82 Å². The number of hydrogen-bond donors (Lipinski definition) is 3. The van der Waals surface area contributed by atoms with Crippen LogP contribution in [0.25, 0.3) is 0 Å². The maximum Gasteiger partial charge on any atom is 0.472 e. The first-order valence-electron chi connectivity index (χ1n) is 28.9. The molecule has 0 rings (SSSR count). The quantitative estimate of drug-likeness (QED) is 0.0243. The fourth-order valence-corrected chi connectivity index (χ4v) is 9.26. The molecular weight excluding hydrogens is 852 g/mol. The van der Waals surface area contributed by atoms with Gasteiger partial charge < -0.3 is 19.8 Å². The number of nitrogens with one attached hydrogen (secondary N) is 1. The Morgan fingerprint density at radius 2 is 0.821 bits per heavy atom. The first-order chi connectivity index (χ1) is 32.5. The second kappa shape index (κ2) is 49.7. The van der Waals surface area contributed by atoms with Gasteiger partial charge in [0.1, 0.15) is 13.2 Å². The van der Waals surface area contributed by atoms with Crippen LogP contribution < -0.4 is 5.32 Å². The lowest BCUT2D eigenvalue weighted by Gasteiger charge is -2.25. The van der Waals surface area contributed by atoms with Crippen molar-refractivity contribution in [3.8, 4) is 0 Å². The Balaban J connectivity index is 4.14. The van der Waals surface area contributed by atoms with Crippen LogP contribution in [-0.2, 0) is 18.4 Å². The number of amides is 1. The summed E-state index contributed by atoms with van der Waals surface area (Å²) in [5.74, 6) is -0.184. The van der Waals surface area contributed by atoms with Gasteiger partial charge in [0.15, 0.2) is 0 Å². The van der Waals surface area contributed by atoms with Crippen molar-refractivity contribution in [3.63, 3.8) is 0 Å². The van der Waals surface area contributed by atoms with Crippen molar-refractivity contribution >= 4 is 13.7 Å². The van der Waals surface area contributed by atoms with E-state index in [0.29, 0.717) is 17.4 Å². The monoisotopic (exact) mass is 966 g/mol. The summed E-state index contributed by atoms with van der Waals surface area (Å²) in [6, 6.07) is -0.862. The van der Waals surface area contributed by atoms with Crippen LogP contribution in [0.15, 0.2) is 36.5 Å². The van der Waals surface area contributed by atoms with Gasteiger partial charge in [0, 0.05) is 6.42 Å². The SMILES string of the molecule is CCCCCCCCCCCC/C=C/CC/C=C/C(O)C(COP(=O)(O)OCC[N+](C)(C)C)NC(=O)CCCCCCCCCCCCCCC/C=C\CCCCCCCCCCCCCC. The molecule has 1 amide bonds. The standard InChI is InChI=1S/C58H113N2O6P/c1-6-8-10-12-14-16-18-20-22-24-25-26-27-28-29-30-31-32-33-34-35-36-38-40-42-44-46-48-50-52-58(62)59-56(55-66-67(63,64)65-54-53-60(3,4)5)57(61)51-49-47-45-43-41-39-37-23-21-19-17-15-13-11-9-7-2/h28-29,41,43,49,51,56-57,61H,6-27,30-40,42,44-48,50,52-55H2,1-5H3,(H-,59,62,63,64)/p+1/b29-28-,43-41+,51-49+. The van der Waals surface area contributed by atoms with Crippen molar-refractivity contribution in [2.45, 2.75) is 289 Å². The molecule has 396 valence electrons. The van der Waals surface area contributed by atoms with Crippen LogP contribution in [0.2, 0.25) is 0 Å². The minimum atomic E-state index is -4.35. The molecular formula is C58H114N2O6P+. The summed E-state index contributed by atoms with van der Waals surface area (Å²) in [6.07, 6.45) is 64.0. The molecule has 0 saturated heterocycles. The first kappa shape index (κ1) is 65.7. The molecule has 0 aromatic carbocycles. The van der Waals surface area contributed by atoms with Crippen molar-refractivity contribution in [2.24, 2.45) is 0 Å². The summed E-state index contributed by atoms with van der Waals surface area (Å²) >= 11 is 0. The molecule has 3 atom stereocenters. The minimum Gasteiger partial charge on any atom is -0.387 e. The largest absolute Gasteiger partial charge is 0.472 e. The third-order valence-electron chi connectivity index (χ3n) is 13.1. The van der Waals surface area contributed by atoms with Crippen molar-refractivity contribution in [3.05, 3.63) is 36.5 Å². The van der Waals surface area contributed by atoms with Crippen molar-refractivity contribution < 1.29 is 32.9 Å². The maximum atomic E-state index is 13.0. The summed E-state index contributed by atoms with van der Waals surface area (Å²) in [6.45, 7) is 4.82. The summed E-state index contributed by atoms with van der Waals surface area (Å²) in [7, 11) is 1.56. The third-order valence-corrected chi connectivity index (χ3v) is 14.1. The number of nitrogens with zero attached hydrogens (tertiary/aromatic N) is 1. The lowest BCUT2D eigenvalue weighted by molar-refractivity contribution is -0.870. The van der Waals surface area contributed by atoms with Crippen molar-refractivity contribution in [1.82, 2.24) is 5.32 Å². The molecule has 0 aliphatic heterocycles. The number of aliphatic hydroxyl groups is 1. The van der Waals surface area contributed by atoms with Gasteiger partial charge in [-0.05, 0) is 57.8 Å². The Kier molecular flexibility index (Phi) is 48.7. The normalized spacial score (nSPS) is 14.2. The third kappa shape index (κ3) is 52.4. The average Bonchev–Trinajstić information content (AvgIpc) is 3.29. The van der Waals surface area contributed by atoms with Gasteiger partial charge in [0.25, 0.3) is 0 Å². The van der Waals surface area contributed by atoms with Gasteiger partial charge in [-0.2, -0.15) is 0 Å². The van der Waals surface area contributed by atoms with Crippen LogP contribution in [-0.4, -0.2) is 73.4 Å². The molecule has 0 bridgehead atoms. The fourth-order valence-electron chi connectivity index (χ4n) is 8.53. The number of phosphoric acid groups is 1. The lowest BCUT2D eigenvalue weighted by atomic mass is 10.0. The molecule has 3 N–H and O–H groups in total. The number of phosphoric ester groups is 1. The second-order valence-corrected chi connectivity index (χ2v) is 22.5. The molecule has 0 saturated carbocycles. The zero-order chi connectivity index (χ0) is 49.2. The highest BCUT2D eigenvalue weighted by Gasteiger charge is 2.27. The molecule has 67 heavy (non-hydrogen) atoms. The lowest BCUT2D eigenvalue weighted by Crippen LogP contribution is -2.45. The van der Waals surface area contributed by atoms with Gasteiger partial charge in [-0.1, -0.05) is 249 Å². The van der Waals surface area contributed by atoms with Crippen LogP contribution in [0.3, 0.4) is 0 Å². The van der Waals surface area contributed by atoms with E-state index in [1.54, 1.807) is 6.08 Å². The van der Waals surface area contributed by atoms with E-state index >= 15 is 0 Å². The average molecular weight is 967 g/mol. The van der Waals surface area contributed by atoms with Gasteiger partial charge in [-0.25, -0.2) is 4.57 Å². The van der Waals surface area contributed by atoms with E-state index in [-0.39, 0.29) is 19.1 Å².